The molecule has 0 amide bonds. The van der Waals surface area contributed by atoms with Crippen molar-refractivity contribution in [2.24, 2.45) is 0 Å². The Balaban J connectivity index is 1.70. The second-order valence-corrected chi connectivity index (χ2v) is 8.99. The molecular formula is C24H16N2O9S. The first-order valence-electron chi connectivity index (χ1n) is 10.6. The number of hydrogen-bond acceptors (Lipinski definition) is 11. The second kappa shape index (κ2) is 7.65. The van der Waals surface area contributed by atoms with E-state index in [4.69, 9.17) is 13.9 Å². The second-order valence-electron chi connectivity index (χ2n) is 8.12. The Kier molecular flexibility index (Phi) is 4.63. The first-order valence-corrected chi connectivity index (χ1v) is 11.4. The number of hydrogen-bond donors (Lipinski definition) is 4. The molecule has 4 N–H and O–H groups in total. The Morgan fingerprint density at radius 3 is 2.72 bits per heavy atom. The van der Waals surface area contributed by atoms with Crippen molar-refractivity contribution in [1.82, 2.24) is 9.38 Å². The summed E-state index contributed by atoms with van der Waals surface area (Å²) in [6.07, 6.45) is 1.60. The highest BCUT2D eigenvalue weighted by molar-refractivity contribution is 7.15. The SMILES string of the molecule is COC(=O)C[C@@H]1c2c(cc(O)c3c(=O)c(O)c(-c4ccc(O)c(O)c4)oc23)Oc2nc3sccn3c21. The first kappa shape index (κ1) is 21.8. The van der Waals surface area contributed by atoms with Gasteiger partial charge in [-0.15, -0.1) is 11.3 Å². The number of fused-ring (bicyclic) bond motifs is 6. The van der Waals surface area contributed by atoms with Crippen LogP contribution in [-0.2, 0) is 9.53 Å². The van der Waals surface area contributed by atoms with Gasteiger partial charge in [-0.3, -0.25) is 14.0 Å². The van der Waals surface area contributed by atoms with Crippen LogP contribution in [0.5, 0.6) is 34.6 Å². The molecule has 11 nitrogen and oxygen atoms in total. The Bertz CT molecular complexity index is 1780. The number of nitrogens with zero attached hydrogens (tertiary/aromatic N) is 2. The number of phenolic OH excluding ortho intramolecular Hbond substituents is 3. The molecule has 0 bridgehead atoms. The summed E-state index contributed by atoms with van der Waals surface area (Å²) in [6.45, 7) is 0. The van der Waals surface area contributed by atoms with Gasteiger partial charge in [0, 0.05) is 34.7 Å². The number of rotatable bonds is 3. The lowest BCUT2D eigenvalue weighted by Gasteiger charge is -2.26. The molecule has 0 saturated heterocycles. The van der Waals surface area contributed by atoms with E-state index >= 15 is 0 Å². The summed E-state index contributed by atoms with van der Waals surface area (Å²) in [4.78, 5) is 30.7. The van der Waals surface area contributed by atoms with Gasteiger partial charge in [0.15, 0.2) is 22.2 Å². The number of aromatic nitrogens is 2. The third kappa shape index (κ3) is 3.01. The van der Waals surface area contributed by atoms with Crippen molar-refractivity contribution < 1.29 is 39.1 Å². The maximum absolute atomic E-state index is 13.2. The van der Waals surface area contributed by atoms with Gasteiger partial charge in [0.1, 0.15) is 22.5 Å². The van der Waals surface area contributed by atoms with Gasteiger partial charge < -0.3 is 34.3 Å². The maximum Gasteiger partial charge on any atom is 0.306 e. The van der Waals surface area contributed by atoms with Gasteiger partial charge in [0.05, 0.1) is 19.2 Å². The fourth-order valence-electron chi connectivity index (χ4n) is 4.47. The van der Waals surface area contributed by atoms with E-state index < -0.39 is 40.3 Å². The van der Waals surface area contributed by atoms with Gasteiger partial charge in [0.25, 0.3) is 0 Å². The van der Waals surface area contributed by atoms with Crippen LogP contribution in [0.25, 0.3) is 27.3 Å². The first-order chi connectivity index (χ1) is 17.3. The van der Waals surface area contributed by atoms with E-state index in [-0.39, 0.29) is 45.9 Å². The Hall–Kier alpha value is -4.71. The Morgan fingerprint density at radius 2 is 1.97 bits per heavy atom. The number of carbonyl (C=O) groups is 1. The standard InChI is InChI=1S/C24H16N2O9S/c1-33-15(30)7-10-16-14(34-23-18(10)26-4-5-36-24(26)25-23)8-13(29)17-19(31)20(32)21(35-22(16)17)9-2-3-11(27)12(28)6-9/h2-6,8,10,27-29,32H,7H2,1H3/t10-/m1/s1. The van der Waals surface area contributed by atoms with E-state index in [0.29, 0.717) is 10.7 Å². The summed E-state index contributed by atoms with van der Waals surface area (Å²) >= 11 is 1.36. The highest BCUT2D eigenvalue weighted by atomic mass is 32.1. The number of esters is 1. The third-order valence-electron chi connectivity index (χ3n) is 6.11. The van der Waals surface area contributed by atoms with Crippen molar-refractivity contribution in [3.63, 3.8) is 0 Å². The number of ether oxygens (including phenoxy) is 2. The molecule has 0 fully saturated rings. The average Bonchev–Trinajstić information content (AvgIpc) is 3.43. The summed E-state index contributed by atoms with van der Waals surface area (Å²) in [6, 6.07) is 4.82. The Morgan fingerprint density at radius 1 is 1.17 bits per heavy atom. The lowest BCUT2D eigenvalue weighted by atomic mass is 9.88. The van der Waals surface area contributed by atoms with E-state index in [2.05, 4.69) is 4.98 Å². The number of methoxy groups -OCH3 is 1. The number of carbonyl (C=O) groups excluding carboxylic acids is 1. The smallest absolute Gasteiger partial charge is 0.306 e. The minimum Gasteiger partial charge on any atom is -0.507 e. The molecule has 2 aromatic carbocycles. The van der Waals surface area contributed by atoms with E-state index in [0.717, 1.165) is 6.07 Å². The maximum atomic E-state index is 13.2. The largest absolute Gasteiger partial charge is 0.507 e. The zero-order chi connectivity index (χ0) is 25.3. The molecule has 1 aliphatic heterocycles. The van der Waals surface area contributed by atoms with Crippen molar-refractivity contribution in [2.75, 3.05) is 7.11 Å². The van der Waals surface area contributed by atoms with Gasteiger partial charge in [0.2, 0.25) is 17.1 Å². The minimum atomic E-state index is -0.935. The lowest BCUT2D eigenvalue weighted by molar-refractivity contribution is -0.140. The van der Waals surface area contributed by atoms with Crippen molar-refractivity contribution in [3.8, 4) is 46.0 Å². The third-order valence-corrected chi connectivity index (χ3v) is 6.87. The van der Waals surface area contributed by atoms with Crippen LogP contribution in [0.2, 0.25) is 0 Å². The number of thiazole rings is 1. The zero-order valence-corrected chi connectivity index (χ0v) is 19.2. The number of phenols is 3. The van der Waals surface area contributed by atoms with Gasteiger partial charge in [-0.2, -0.15) is 4.98 Å². The molecule has 182 valence electrons. The molecule has 3 aromatic heterocycles. The molecular weight excluding hydrogens is 492 g/mol. The summed E-state index contributed by atoms with van der Waals surface area (Å²) in [5.74, 6) is -3.49. The van der Waals surface area contributed by atoms with Gasteiger partial charge >= 0.3 is 5.97 Å². The van der Waals surface area contributed by atoms with Crippen LogP contribution in [0, 0.1) is 0 Å². The fraction of sp³-hybridized carbons (Fsp3) is 0.125. The molecule has 6 rings (SSSR count). The number of imidazole rings is 1. The van der Waals surface area contributed by atoms with Crippen molar-refractivity contribution in [1.29, 1.82) is 0 Å². The molecule has 0 aliphatic carbocycles. The van der Waals surface area contributed by atoms with E-state index in [1.807, 2.05) is 5.38 Å². The van der Waals surface area contributed by atoms with Crippen LogP contribution in [0.3, 0.4) is 0 Å². The monoisotopic (exact) mass is 508 g/mol. The van der Waals surface area contributed by atoms with E-state index in [1.54, 1.807) is 10.6 Å². The number of benzene rings is 2. The number of aromatic hydroxyl groups is 4. The van der Waals surface area contributed by atoms with Crippen LogP contribution < -0.4 is 10.2 Å². The van der Waals surface area contributed by atoms with Crippen molar-refractivity contribution >= 4 is 33.2 Å². The van der Waals surface area contributed by atoms with Crippen LogP contribution in [0.4, 0.5) is 0 Å². The topological polar surface area (TPSA) is 164 Å². The zero-order valence-electron chi connectivity index (χ0n) is 18.4. The molecule has 0 saturated carbocycles. The molecule has 36 heavy (non-hydrogen) atoms. The quantitative estimate of drug-likeness (QED) is 0.208. The molecule has 5 aromatic rings. The van der Waals surface area contributed by atoms with Crippen molar-refractivity contribution in [3.05, 3.63) is 57.3 Å². The van der Waals surface area contributed by atoms with Gasteiger partial charge in [-0.25, -0.2) is 0 Å². The fourth-order valence-corrected chi connectivity index (χ4v) is 5.19. The average molecular weight is 508 g/mol. The molecule has 1 atom stereocenters. The summed E-state index contributed by atoms with van der Waals surface area (Å²) < 4.78 is 18.6. The van der Waals surface area contributed by atoms with Gasteiger partial charge in [-0.1, -0.05) is 0 Å². The molecule has 1 aliphatic rings. The lowest BCUT2D eigenvalue weighted by Crippen LogP contribution is -2.18. The highest BCUT2D eigenvalue weighted by Gasteiger charge is 2.38. The van der Waals surface area contributed by atoms with Crippen molar-refractivity contribution in [2.45, 2.75) is 12.3 Å². The molecule has 0 radical (unpaired) electrons. The van der Waals surface area contributed by atoms with Gasteiger partial charge in [-0.05, 0) is 18.2 Å². The van der Waals surface area contributed by atoms with E-state index in [9.17, 15) is 30.0 Å². The summed E-state index contributed by atoms with van der Waals surface area (Å²) in [7, 11) is 1.25. The Labute approximate surface area is 204 Å². The summed E-state index contributed by atoms with van der Waals surface area (Å²) in [5.41, 5.74) is -0.174. The summed E-state index contributed by atoms with van der Waals surface area (Å²) in [5, 5.41) is 42.4. The highest BCUT2D eigenvalue weighted by Crippen LogP contribution is 2.51. The van der Waals surface area contributed by atoms with Crippen LogP contribution in [0.15, 0.2) is 45.1 Å². The molecule has 12 heteroatoms. The minimum absolute atomic E-state index is 0.0883. The predicted molar refractivity (Wildman–Crippen MR) is 126 cm³/mol. The normalized spacial score (nSPS) is 14.4. The van der Waals surface area contributed by atoms with Crippen LogP contribution >= 0.6 is 11.3 Å². The predicted octanol–water partition coefficient (Wildman–Crippen LogP) is 3.79. The van der Waals surface area contributed by atoms with Crippen LogP contribution in [0.1, 0.15) is 23.6 Å². The van der Waals surface area contributed by atoms with Crippen LogP contribution in [-0.4, -0.2) is 42.9 Å². The molecule has 0 spiro atoms. The van der Waals surface area contributed by atoms with E-state index in [1.165, 1.54) is 36.6 Å². The molecule has 4 heterocycles. The molecule has 0 unspecified atom stereocenters.